The van der Waals surface area contributed by atoms with E-state index < -0.39 is 6.09 Å². The number of nitrogens with zero attached hydrogens (tertiary/aromatic N) is 1. The van der Waals surface area contributed by atoms with E-state index in [1.807, 2.05) is 0 Å². The van der Waals surface area contributed by atoms with Crippen LogP contribution >= 0.6 is 23.2 Å². The van der Waals surface area contributed by atoms with Gasteiger partial charge in [0.1, 0.15) is 5.75 Å². The molecule has 6 heteroatoms. The van der Waals surface area contributed by atoms with Gasteiger partial charge in [-0.25, -0.2) is 4.79 Å². The van der Waals surface area contributed by atoms with Crippen LogP contribution in [-0.4, -0.2) is 11.1 Å². The van der Waals surface area contributed by atoms with Crippen LogP contribution in [0.15, 0.2) is 42.7 Å². The molecule has 0 spiro atoms. The topological polar surface area (TPSA) is 51.2 Å². The molecule has 0 fully saturated rings. The van der Waals surface area contributed by atoms with E-state index in [0.29, 0.717) is 21.5 Å². The molecule has 0 saturated carbocycles. The Hall–Kier alpha value is -1.78. The molecular weight excluding hydrogens is 275 g/mol. The minimum Gasteiger partial charge on any atom is -0.410 e. The summed E-state index contributed by atoms with van der Waals surface area (Å²) >= 11 is 11.6. The summed E-state index contributed by atoms with van der Waals surface area (Å²) in [6.07, 6.45) is 2.45. The van der Waals surface area contributed by atoms with Gasteiger partial charge in [0.25, 0.3) is 0 Å². The third kappa shape index (κ3) is 3.35. The lowest BCUT2D eigenvalue weighted by Crippen LogP contribution is -2.16. The van der Waals surface area contributed by atoms with Crippen molar-refractivity contribution >= 4 is 35.0 Å². The average Bonchev–Trinajstić information content (AvgIpc) is 2.35. The van der Waals surface area contributed by atoms with E-state index in [1.165, 1.54) is 18.5 Å². The number of pyridine rings is 1. The Bertz CT molecular complexity index is 561. The maximum absolute atomic E-state index is 11.5. The number of carbonyl (C=O) groups excluding carboxylic acids is 1. The van der Waals surface area contributed by atoms with Gasteiger partial charge in [-0.3, -0.25) is 10.3 Å². The first kappa shape index (κ1) is 12.7. The number of hydrogen-bond donors (Lipinski definition) is 1. The molecule has 1 aromatic heterocycles. The molecule has 1 heterocycles. The second kappa shape index (κ2) is 5.71. The SMILES string of the molecule is O=C(Nc1ccc(Cl)c(Cl)c1)Oc1ccncc1. The first-order valence-corrected chi connectivity index (χ1v) is 5.74. The summed E-state index contributed by atoms with van der Waals surface area (Å²) in [7, 11) is 0. The lowest BCUT2D eigenvalue weighted by atomic mass is 10.3. The molecule has 4 nitrogen and oxygen atoms in total. The number of hydrogen-bond acceptors (Lipinski definition) is 3. The van der Waals surface area contributed by atoms with Crippen molar-refractivity contribution in [3.63, 3.8) is 0 Å². The third-order valence-electron chi connectivity index (χ3n) is 2.03. The van der Waals surface area contributed by atoms with Gasteiger partial charge in [0.15, 0.2) is 0 Å². The molecule has 0 aliphatic heterocycles. The summed E-state index contributed by atoms with van der Waals surface area (Å²) in [6, 6.07) is 7.91. The Morgan fingerprint density at radius 3 is 2.50 bits per heavy atom. The van der Waals surface area contributed by atoms with Crippen LogP contribution in [0.5, 0.6) is 5.75 Å². The normalized spacial score (nSPS) is 9.89. The van der Waals surface area contributed by atoms with Crippen LogP contribution < -0.4 is 10.1 Å². The van der Waals surface area contributed by atoms with E-state index >= 15 is 0 Å². The number of halogens is 2. The molecule has 0 unspecified atom stereocenters. The number of amides is 1. The van der Waals surface area contributed by atoms with Gasteiger partial charge in [-0.05, 0) is 30.3 Å². The van der Waals surface area contributed by atoms with Gasteiger partial charge in [0.05, 0.1) is 10.0 Å². The van der Waals surface area contributed by atoms with Crippen molar-refractivity contribution in [1.29, 1.82) is 0 Å². The highest BCUT2D eigenvalue weighted by molar-refractivity contribution is 6.42. The van der Waals surface area contributed by atoms with Gasteiger partial charge in [-0.2, -0.15) is 0 Å². The molecule has 0 aliphatic rings. The van der Waals surface area contributed by atoms with Crippen molar-refractivity contribution in [2.75, 3.05) is 5.32 Å². The van der Waals surface area contributed by atoms with Crippen LogP contribution in [0, 0.1) is 0 Å². The number of rotatable bonds is 2. The summed E-state index contributed by atoms with van der Waals surface area (Å²) in [6.45, 7) is 0. The van der Waals surface area contributed by atoms with E-state index in [-0.39, 0.29) is 0 Å². The summed E-state index contributed by atoms with van der Waals surface area (Å²) in [4.78, 5) is 15.4. The maximum Gasteiger partial charge on any atom is 0.417 e. The number of ether oxygens (including phenoxy) is 1. The zero-order valence-corrected chi connectivity index (χ0v) is 10.6. The highest BCUT2D eigenvalue weighted by atomic mass is 35.5. The van der Waals surface area contributed by atoms with Gasteiger partial charge in [0, 0.05) is 18.1 Å². The molecule has 1 amide bonds. The summed E-state index contributed by atoms with van der Waals surface area (Å²) in [5.41, 5.74) is 0.503. The molecule has 1 N–H and O–H groups in total. The van der Waals surface area contributed by atoms with Gasteiger partial charge < -0.3 is 4.74 Å². The summed E-state index contributed by atoms with van der Waals surface area (Å²) in [5.74, 6) is 0.405. The zero-order chi connectivity index (χ0) is 13.0. The lowest BCUT2D eigenvalue weighted by molar-refractivity contribution is 0.215. The summed E-state index contributed by atoms with van der Waals surface area (Å²) in [5, 5.41) is 3.31. The second-order valence-electron chi connectivity index (χ2n) is 3.33. The Morgan fingerprint density at radius 2 is 1.83 bits per heavy atom. The lowest BCUT2D eigenvalue weighted by Gasteiger charge is -2.07. The number of aromatic nitrogens is 1. The molecule has 18 heavy (non-hydrogen) atoms. The van der Waals surface area contributed by atoms with Crippen LogP contribution in [0.25, 0.3) is 0 Å². The van der Waals surface area contributed by atoms with Crippen LogP contribution in [0.4, 0.5) is 10.5 Å². The second-order valence-corrected chi connectivity index (χ2v) is 4.14. The maximum atomic E-state index is 11.5. The molecule has 1 aromatic carbocycles. The Morgan fingerprint density at radius 1 is 1.11 bits per heavy atom. The van der Waals surface area contributed by atoms with E-state index in [9.17, 15) is 4.79 Å². The Balaban J connectivity index is 2.01. The number of benzene rings is 1. The quantitative estimate of drug-likeness (QED) is 0.906. The third-order valence-corrected chi connectivity index (χ3v) is 2.77. The van der Waals surface area contributed by atoms with Crippen molar-refractivity contribution < 1.29 is 9.53 Å². The van der Waals surface area contributed by atoms with Crippen LogP contribution in [0.3, 0.4) is 0 Å². The smallest absolute Gasteiger partial charge is 0.410 e. The van der Waals surface area contributed by atoms with Crippen molar-refractivity contribution in [2.24, 2.45) is 0 Å². The molecule has 0 bridgehead atoms. The Kier molecular flexibility index (Phi) is 4.02. The summed E-state index contributed by atoms with van der Waals surface area (Å²) < 4.78 is 5.02. The fourth-order valence-corrected chi connectivity index (χ4v) is 1.53. The predicted molar refractivity (Wildman–Crippen MR) is 70.3 cm³/mol. The fourth-order valence-electron chi connectivity index (χ4n) is 1.23. The van der Waals surface area contributed by atoms with E-state index in [4.69, 9.17) is 27.9 Å². The zero-order valence-electron chi connectivity index (χ0n) is 9.06. The van der Waals surface area contributed by atoms with Crippen molar-refractivity contribution in [3.05, 3.63) is 52.8 Å². The van der Waals surface area contributed by atoms with Crippen LogP contribution in [-0.2, 0) is 0 Å². The van der Waals surface area contributed by atoms with Crippen LogP contribution in [0.2, 0.25) is 10.0 Å². The number of anilines is 1. The molecule has 0 radical (unpaired) electrons. The highest BCUT2D eigenvalue weighted by Crippen LogP contribution is 2.25. The van der Waals surface area contributed by atoms with Gasteiger partial charge in [-0.15, -0.1) is 0 Å². The van der Waals surface area contributed by atoms with Gasteiger partial charge >= 0.3 is 6.09 Å². The predicted octanol–water partition coefficient (Wildman–Crippen LogP) is 4.00. The minimum atomic E-state index is -0.611. The molecule has 0 atom stereocenters. The monoisotopic (exact) mass is 282 g/mol. The van der Waals surface area contributed by atoms with E-state index in [2.05, 4.69) is 10.3 Å². The Labute approximate surface area is 114 Å². The van der Waals surface area contributed by atoms with E-state index in [0.717, 1.165) is 0 Å². The van der Waals surface area contributed by atoms with Crippen molar-refractivity contribution in [1.82, 2.24) is 4.98 Å². The van der Waals surface area contributed by atoms with Crippen molar-refractivity contribution in [3.8, 4) is 5.75 Å². The van der Waals surface area contributed by atoms with E-state index in [1.54, 1.807) is 24.3 Å². The largest absolute Gasteiger partial charge is 0.417 e. The first-order chi connectivity index (χ1) is 8.65. The molecule has 2 aromatic rings. The van der Waals surface area contributed by atoms with Gasteiger partial charge in [-0.1, -0.05) is 23.2 Å². The average molecular weight is 283 g/mol. The van der Waals surface area contributed by atoms with Crippen molar-refractivity contribution in [2.45, 2.75) is 0 Å². The fraction of sp³-hybridized carbons (Fsp3) is 0. The molecule has 2 rings (SSSR count). The van der Waals surface area contributed by atoms with Crippen LogP contribution in [0.1, 0.15) is 0 Å². The molecular formula is C12H8Cl2N2O2. The number of carbonyl (C=O) groups is 1. The number of nitrogens with one attached hydrogen (secondary N) is 1. The molecule has 0 saturated heterocycles. The van der Waals surface area contributed by atoms with Gasteiger partial charge in [0.2, 0.25) is 0 Å². The molecule has 0 aliphatic carbocycles. The first-order valence-electron chi connectivity index (χ1n) is 4.99. The standard InChI is InChI=1S/C12H8Cl2N2O2/c13-10-2-1-8(7-11(10)14)16-12(17)18-9-3-5-15-6-4-9/h1-7H,(H,16,17). The minimum absolute atomic E-state index is 0.360. The molecule has 92 valence electrons. The highest BCUT2D eigenvalue weighted by Gasteiger charge is 2.06.